The fourth-order valence-electron chi connectivity index (χ4n) is 3.25. The van der Waals surface area contributed by atoms with Crippen LogP contribution in [0, 0.1) is 13.8 Å². The van der Waals surface area contributed by atoms with E-state index < -0.39 is 0 Å². The minimum absolute atomic E-state index is 0.450. The number of pyridine rings is 1. The lowest BCUT2D eigenvalue weighted by Crippen LogP contribution is -2.49. The molecule has 3 rings (SSSR count). The first-order valence-electron chi connectivity index (χ1n) is 9.79. The number of hydrogen-bond donors (Lipinski definition) is 2. The number of thiazole rings is 1. The number of guanidine groups is 1. The Bertz CT molecular complexity index is 748. The summed E-state index contributed by atoms with van der Waals surface area (Å²) in [5.74, 6) is 2.01. The molecule has 0 aliphatic carbocycles. The minimum Gasteiger partial charge on any atom is -0.357 e. The van der Waals surface area contributed by atoms with Crippen molar-refractivity contribution in [1.29, 1.82) is 0 Å². The van der Waals surface area contributed by atoms with Crippen LogP contribution in [-0.4, -0.2) is 48.1 Å². The first-order chi connectivity index (χ1) is 13.1. The molecule has 2 N–H and O–H groups in total. The molecule has 0 amide bonds. The van der Waals surface area contributed by atoms with Gasteiger partial charge in [-0.05, 0) is 45.7 Å². The molecule has 0 unspecified atom stereocenters. The fourth-order valence-corrected chi connectivity index (χ4v) is 4.03. The van der Waals surface area contributed by atoms with Gasteiger partial charge in [0.15, 0.2) is 5.96 Å². The van der Waals surface area contributed by atoms with Crippen LogP contribution < -0.4 is 15.5 Å². The van der Waals surface area contributed by atoms with Crippen molar-refractivity contribution >= 4 is 23.1 Å². The Morgan fingerprint density at radius 2 is 2.11 bits per heavy atom. The third-order valence-corrected chi connectivity index (χ3v) is 5.61. The molecule has 1 aliphatic rings. The molecule has 2 aromatic rings. The normalized spacial score (nSPS) is 15.8. The Morgan fingerprint density at radius 1 is 1.30 bits per heavy atom. The summed E-state index contributed by atoms with van der Waals surface area (Å²) >= 11 is 1.75. The zero-order valence-electron chi connectivity index (χ0n) is 16.5. The lowest BCUT2D eigenvalue weighted by molar-refractivity contribution is 0.459. The standard InChI is InChI=1S/C20H30N6S/c1-4-21-20(22-11-8-19-23-14-16(3)27-19)25-17-9-12-26(13-10-17)18-7-5-6-15(2)24-18/h5-7,14,17H,4,8-13H2,1-3H3,(H2,21,22,25). The Morgan fingerprint density at radius 3 is 2.78 bits per heavy atom. The molecule has 0 bridgehead atoms. The Balaban J connectivity index is 1.49. The van der Waals surface area contributed by atoms with E-state index in [-0.39, 0.29) is 0 Å². The van der Waals surface area contributed by atoms with Crippen molar-refractivity contribution in [3.05, 3.63) is 40.0 Å². The van der Waals surface area contributed by atoms with Crippen LogP contribution in [0.25, 0.3) is 0 Å². The van der Waals surface area contributed by atoms with Gasteiger partial charge in [0.25, 0.3) is 0 Å². The maximum Gasteiger partial charge on any atom is 0.191 e. The summed E-state index contributed by atoms with van der Waals surface area (Å²) in [7, 11) is 0. The van der Waals surface area contributed by atoms with Gasteiger partial charge < -0.3 is 15.5 Å². The average molecular weight is 387 g/mol. The van der Waals surface area contributed by atoms with Gasteiger partial charge in [-0.3, -0.25) is 4.99 Å². The molecule has 0 spiro atoms. The number of hydrogen-bond acceptors (Lipinski definition) is 5. The second-order valence-electron chi connectivity index (χ2n) is 6.92. The molecule has 1 saturated heterocycles. The first-order valence-corrected chi connectivity index (χ1v) is 10.6. The second kappa shape index (κ2) is 9.69. The van der Waals surface area contributed by atoms with Crippen molar-refractivity contribution in [3.63, 3.8) is 0 Å². The molecule has 0 radical (unpaired) electrons. The minimum atomic E-state index is 0.450. The molecule has 27 heavy (non-hydrogen) atoms. The van der Waals surface area contributed by atoms with Crippen molar-refractivity contribution in [3.8, 4) is 0 Å². The predicted molar refractivity (Wildman–Crippen MR) is 114 cm³/mol. The lowest BCUT2D eigenvalue weighted by Gasteiger charge is -2.34. The summed E-state index contributed by atoms with van der Waals surface area (Å²) in [6.45, 7) is 9.91. The summed E-state index contributed by atoms with van der Waals surface area (Å²) in [4.78, 5) is 17.4. The molecule has 2 aromatic heterocycles. The van der Waals surface area contributed by atoms with E-state index in [9.17, 15) is 0 Å². The summed E-state index contributed by atoms with van der Waals surface area (Å²) in [5.41, 5.74) is 1.07. The van der Waals surface area contributed by atoms with Gasteiger partial charge in [0.1, 0.15) is 5.82 Å². The molecule has 0 atom stereocenters. The van der Waals surface area contributed by atoms with Gasteiger partial charge in [-0.2, -0.15) is 0 Å². The quantitative estimate of drug-likeness (QED) is 0.590. The summed E-state index contributed by atoms with van der Waals surface area (Å²) < 4.78 is 0. The maximum atomic E-state index is 4.74. The van der Waals surface area contributed by atoms with Crippen LogP contribution >= 0.6 is 11.3 Å². The van der Waals surface area contributed by atoms with E-state index in [2.05, 4.69) is 51.5 Å². The molecule has 1 fully saturated rings. The number of rotatable bonds is 6. The molecule has 1 aliphatic heterocycles. The smallest absolute Gasteiger partial charge is 0.191 e. The number of nitrogens with zero attached hydrogens (tertiary/aromatic N) is 4. The fraction of sp³-hybridized carbons (Fsp3) is 0.550. The van der Waals surface area contributed by atoms with Crippen LogP contribution in [0.1, 0.15) is 35.3 Å². The number of aromatic nitrogens is 2. The second-order valence-corrected chi connectivity index (χ2v) is 8.24. The summed E-state index contributed by atoms with van der Waals surface area (Å²) in [5, 5.41) is 8.13. The van der Waals surface area contributed by atoms with E-state index in [1.165, 1.54) is 4.88 Å². The van der Waals surface area contributed by atoms with Gasteiger partial charge in [-0.15, -0.1) is 11.3 Å². The molecule has 0 aromatic carbocycles. The molecular formula is C20H30N6S. The van der Waals surface area contributed by atoms with E-state index in [0.29, 0.717) is 6.04 Å². The van der Waals surface area contributed by atoms with Crippen LogP contribution in [0.3, 0.4) is 0 Å². The summed E-state index contributed by atoms with van der Waals surface area (Å²) in [6, 6.07) is 6.68. The van der Waals surface area contributed by atoms with Crippen LogP contribution in [0.5, 0.6) is 0 Å². The number of aryl methyl sites for hydroxylation is 2. The van der Waals surface area contributed by atoms with E-state index in [1.54, 1.807) is 11.3 Å². The SMILES string of the molecule is CCNC(=NCCc1ncc(C)s1)NC1CCN(c2cccc(C)n2)CC1. The van der Waals surface area contributed by atoms with Crippen molar-refractivity contribution in [1.82, 2.24) is 20.6 Å². The van der Waals surface area contributed by atoms with Gasteiger partial charge >= 0.3 is 0 Å². The molecule has 146 valence electrons. The Labute approximate surface area is 166 Å². The third-order valence-electron chi connectivity index (χ3n) is 4.64. The van der Waals surface area contributed by atoms with Crippen molar-refractivity contribution in [2.24, 2.45) is 4.99 Å². The van der Waals surface area contributed by atoms with Crippen LogP contribution in [0.15, 0.2) is 29.4 Å². The van der Waals surface area contributed by atoms with E-state index >= 15 is 0 Å². The lowest BCUT2D eigenvalue weighted by atomic mass is 10.1. The van der Waals surface area contributed by atoms with Gasteiger partial charge in [0.2, 0.25) is 0 Å². The van der Waals surface area contributed by atoms with Gasteiger partial charge in [-0.1, -0.05) is 6.07 Å². The van der Waals surface area contributed by atoms with Crippen LogP contribution in [0.4, 0.5) is 5.82 Å². The Kier molecular flexibility index (Phi) is 7.04. The maximum absolute atomic E-state index is 4.74. The molecule has 6 nitrogen and oxygen atoms in total. The number of aliphatic imine (C=N–C) groups is 1. The highest BCUT2D eigenvalue weighted by molar-refractivity contribution is 7.11. The Hall–Kier alpha value is -2.15. The number of nitrogens with one attached hydrogen (secondary N) is 2. The molecular weight excluding hydrogens is 356 g/mol. The zero-order chi connectivity index (χ0) is 19.1. The van der Waals surface area contributed by atoms with E-state index in [4.69, 9.17) is 4.99 Å². The molecule has 7 heteroatoms. The van der Waals surface area contributed by atoms with Gasteiger partial charge in [0, 0.05) is 55.4 Å². The van der Waals surface area contributed by atoms with Crippen LogP contribution in [-0.2, 0) is 6.42 Å². The third kappa shape index (κ3) is 5.92. The first kappa shape index (κ1) is 19.6. The highest BCUT2D eigenvalue weighted by Crippen LogP contribution is 2.18. The predicted octanol–water partition coefficient (Wildman–Crippen LogP) is 2.92. The van der Waals surface area contributed by atoms with Crippen molar-refractivity contribution < 1.29 is 0 Å². The van der Waals surface area contributed by atoms with Gasteiger partial charge in [-0.25, -0.2) is 9.97 Å². The monoisotopic (exact) mass is 386 g/mol. The van der Waals surface area contributed by atoms with Crippen LogP contribution in [0.2, 0.25) is 0 Å². The van der Waals surface area contributed by atoms with Crippen molar-refractivity contribution in [2.75, 3.05) is 31.1 Å². The van der Waals surface area contributed by atoms with E-state index in [0.717, 1.165) is 67.9 Å². The number of piperidine rings is 1. The summed E-state index contributed by atoms with van der Waals surface area (Å²) in [6.07, 6.45) is 5.01. The zero-order valence-corrected chi connectivity index (χ0v) is 17.4. The van der Waals surface area contributed by atoms with E-state index in [1.807, 2.05) is 19.2 Å². The number of anilines is 1. The highest BCUT2D eigenvalue weighted by atomic mass is 32.1. The average Bonchev–Trinajstić information content (AvgIpc) is 3.08. The van der Waals surface area contributed by atoms with Crippen molar-refractivity contribution in [2.45, 2.75) is 46.1 Å². The van der Waals surface area contributed by atoms with Gasteiger partial charge in [0.05, 0.1) is 5.01 Å². The topological polar surface area (TPSA) is 65.4 Å². The molecule has 3 heterocycles. The largest absolute Gasteiger partial charge is 0.357 e. The molecule has 0 saturated carbocycles. The highest BCUT2D eigenvalue weighted by Gasteiger charge is 2.20.